The first-order valence-corrected chi connectivity index (χ1v) is 9.31. The number of para-hydroxylation sites is 1. The van der Waals surface area contributed by atoms with Gasteiger partial charge in [0, 0.05) is 25.9 Å². The third-order valence-corrected chi connectivity index (χ3v) is 5.05. The molecule has 0 N–H and O–H groups in total. The van der Waals surface area contributed by atoms with Gasteiger partial charge in [-0.2, -0.15) is 10.2 Å². The lowest BCUT2D eigenvalue weighted by molar-refractivity contribution is -0.123. The minimum absolute atomic E-state index is 0.221. The van der Waals surface area contributed by atoms with Gasteiger partial charge in [-0.3, -0.25) is 9.83 Å². The predicted octanol–water partition coefficient (Wildman–Crippen LogP) is 3.89. The van der Waals surface area contributed by atoms with Crippen molar-refractivity contribution in [2.24, 2.45) is 10.1 Å². The molecule has 27 heavy (non-hydrogen) atoms. The molecule has 0 fully saturated rings. The van der Waals surface area contributed by atoms with Crippen LogP contribution in [0.3, 0.4) is 0 Å². The molecule has 0 spiro atoms. The van der Waals surface area contributed by atoms with E-state index in [-0.39, 0.29) is 6.17 Å². The molecule has 1 atom stereocenters. The van der Waals surface area contributed by atoms with Crippen molar-refractivity contribution in [2.75, 3.05) is 37.2 Å². The number of rotatable bonds is 4. The molecule has 2 aliphatic rings. The van der Waals surface area contributed by atoms with Gasteiger partial charge in [0.25, 0.3) is 0 Å². The van der Waals surface area contributed by atoms with Gasteiger partial charge in [-0.25, -0.2) is 5.01 Å². The van der Waals surface area contributed by atoms with E-state index >= 15 is 0 Å². The number of halogens is 2. The lowest BCUT2D eigenvalue weighted by Crippen LogP contribution is -2.47. The molecule has 2 aromatic rings. The van der Waals surface area contributed by atoms with Crippen molar-refractivity contribution in [1.29, 1.82) is 0 Å². The second-order valence-corrected chi connectivity index (χ2v) is 7.23. The van der Waals surface area contributed by atoms with Crippen molar-refractivity contribution in [3.8, 4) is 0 Å². The smallest absolute Gasteiger partial charge is 0.154 e. The molecule has 2 heterocycles. The third kappa shape index (κ3) is 3.41. The van der Waals surface area contributed by atoms with Crippen LogP contribution in [0.2, 0.25) is 10.0 Å². The summed E-state index contributed by atoms with van der Waals surface area (Å²) in [5.74, 6) is 0.819. The Morgan fingerprint density at radius 2 is 1.81 bits per heavy atom. The zero-order valence-corrected chi connectivity index (χ0v) is 16.5. The van der Waals surface area contributed by atoms with Gasteiger partial charge in [0.15, 0.2) is 12.0 Å². The Bertz CT molecular complexity index is 915. The lowest BCUT2D eigenvalue weighted by Gasteiger charge is -2.32. The standard InChI is InChI=1S/C19H19Cl2N5O/c1-24(2)27-12-19-25-16-9-5-7-14(20)13(16)10-22-11-18(25)23-26(19)17-8-4-3-6-15(17)21/h3-10,19H,11-12H2,1-2H3. The Labute approximate surface area is 168 Å². The number of aliphatic imine (C=N–C) groups is 1. The van der Waals surface area contributed by atoms with Crippen molar-refractivity contribution in [3.05, 3.63) is 58.1 Å². The van der Waals surface area contributed by atoms with Crippen LogP contribution in [0.5, 0.6) is 0 Å². The van der Waals surface area contributed by atoms with Gasteiger partial charge < -0.3 is 4.90 Å². The van der Waals surface area contributed by atoms with Gasteiger partial charge in [0.05, 0.1) is 28.0 Å². The maximum atomic E-state index is 6.46. The maximum Gasteiger partial charge on any atom is 0.154 e. The van der Waals surface area contributed by atoms with Crippen molar-refractivity contribution in [1.82, 2.24) is 5.06 Å². The molecule has 0 radical (unpaired) electrons. The van der Waals surface area contributed by atoms with Crippen molar-refractivity contribution in [3.63, 3.8) is 0 Å². The SMILES string of the molecule is CN(C)OCC1N(c2ccccc2Cl)N=C2CN=Cc3c(Cl)cccc3N21. The van der Waals surface area contributed by atoms with Crippen LogP contribution in [0, 0.1) is 0 Å². The van der Waals surface area contributed by atoms with E-state index in [1.807, 2.05) is 67.8 Å². The lowest BCUT2D eigenvalue weighted by atomic mass is 10.1. The normalized spacial score (nSPS) is 18.4. The van der Waals surface area contributed by atoms with Gasteiger partial charge >= 0.3 is 0 Å². The minimum atomic E-state index is -0.221. The molecule has 0 bridgehead atoms. The van der Waals surface area contributed by atoms with E-state index in [1.54, 1.807) is 5.06 Å². The van der Waals surface area contributed by atoms with E-state index in [1.165, 1.54) is 0 Å². The average molecular weight is 404 g/mol. The molecular formula is C19H19Cl2N5O. The Kier molecular flexibility index (Phi) is 5.06. The van der Waals surface area contributed by atoms with E-state index in [0.29, 0.717) is 23.2 Å². The molecule has 2 aromatic carbocycles. The summed E-state index contributed by atoms with van der Waals surface area (Å²) >= 11 is 12.9. The first-order valence-electron chi connectivity index (χ1n) is 8.55. The molecule has 0 saturated carbocycles. The van der Waals surface area contributed by atoms with Gasteiger partial charge in [-0.15, -0.1) is 0 Å². The number of hydrogen-bond donors (Lipinski definition) is 0. The molecule has 0 aromatic heterocycles. The molecule has 0 amide bonds. The summed E-state index contributed by atoms with van der Waals surface area (Å²) < 4.78 is 0. The van der Waals surface area contributed by atoms with Crippen molar-refractivity contribution >= 4 is 46.6 Å². The van der Waals surface area contributed by atoms with Crippen LogP contribution in [-0.2, 0) is 4.84 Å². The summed E-state index contributed by atoms with van der Waals surface area (Å²) in [5, 5.41) is 9.68. The van der Waals surface area contributed by atoms with E-state index in [0.717, 1.165) is 22.8 Å². The zero-order chi connectivity index (χ0) is 19.0. The highest BCUT2D eigenvalue weighted by Gasteiger charge is 2.39. The number of benzene rings is 2. The number of fused-ring (bicyclic) bond motifs is 3. The Morgan fingerprint density at radius 3 is 2.59 bits per heavy atom. The molecule has 6 nitrogen and oxygen atoms in total. The number of anilines is 2. The molecular weight excluding hydrogens is 385 g/mol. The maximum absolute atomic E-state index is 6.46. The van der Waals surface area contributed by atoms with Gasteiger partial charge in [-0.05, 0) is 24.3 Å². The summed E-state index contributed by atoms with van der Waals surface area (Å²) in [4.78, 5) is 12.4. The molecule has 4 rings (SSSR count). The molecule has 0 saturated heterocycles. The Hall–Kier alpha value is -2.12. The summed E-state index contributed by atoms with van der Waals surface area (Å²) in [6.07, 6.45) is 1.59. The molecule has 1 unspecified atom stereocenters. The van der Waals surface area contributed by atoms with Crippen LogP contribution < -0.4 is 9.91 Å². The Morgan fingerprint density at radius 1 is 1.07 bits per heavy atom. The summed E-state index contributed by atoms with van der Waals surface area (Å²) in [5.41, 5.74) is 2.64. The number of hydrogen-bond acceptors (Lipinski definition) is 6. The van der Waals surface area contributed by atoms with Gasteiger partial charge in [0.2, 0.25) is 0 Å². The summed E-state index contributed by atoms with van der Waals surface area (Å²) in [6.45, 7) is 0.835. The molecule has 8 heteroatoms. The van der Waals surface area contributed by atoms with Crippen LogP contribution in [-0.4, -0.2) is 50.5 Å². The first-order chi connectivity index (χ1) is 13.1. The fourth-order valence-electron chi connectivity index (χ4n) is 3.22. The number of hydroxylamine groups is 2. The van der Waals surface area contributed by atoms with Crippen molar-refractivity contribution < 1.29 is 4.84 Å². The minimum Gasteiger partial charge on any atom is -0.301 e. The van der Waals surface area contributed by atoms with Crippen LogP contribution in [0.1, 0.15) is 5.56 Å². The fourth-order valence-corrected chi connectivity index (χ4v) is 3.66. The van der Waals surface area contributed by atoms with E-state index < -0.39 is 0 Å². The topological polar surface area (TPSA) is 43.7 Å². The molecule has 0 aliphatic carbocycles. The monoisotopic (exact) mass is 403 g/mol. The second kappa shape index (κ2) is 7.48. The second-order valence-electron chi connectivity index (χ2n) is 6.41. The summed E-state index contributed by atoms with van der Waals surface area (Å²) in [6, 6.07) is 13.5. The average Bonchev–Trinajstić information content (AvgIpc) is 2.89. The van der Waals surface area contributed by atoms with Crippen LogP contribution in [0.15, 0.2) is 52.6 Å². The van der Waals surface area contributed by atoms with E-state index in [2.05, 4.69) is 9.89 Å². The van der Waals surface area contributed by atoms with E-state index in [9.17, 15) is 0 Å². The fraction of sp³-hybridized carbons (Fsp3) is 0.263. The predicted molar refractivity (Wildman–Crippen MR) is 111 cm³/mol. The first kappa shape index (κ1) is 18.3. The summed E-state index contributed by atoms with van der Waals surface area (Å²) in [7, 11) is 3.71. The van der Waals surface area contributed by atoms with Crippen LogP contribution >= 0.6 is 23.2 Å². The number of nitrogens with zero attached hydrogens (tertiary/aromatic N) is 5. The van der Waals surface area contributed by atoms with E-state index in [4.69, 9.17) is 33.1 Å². The quantitative estimate of drug-likeness (QED) is 0.726. The van der Waals surface area contributed by atoms with Gasteiger partial charge in [-0.1, -0.05) is 41.4 Å². The molecule has 2 aliphatic heterocycles. The van der Waals surface area contributed by atoms with Gasteiger partial charge in [0.1, 0.15) is 6.61 Å². The van der Waals surface area contributed by atoms with Crippen LogP contribution in [0.4, 0.5) is 11.4 Å². The highest BCUT2D eigenvalue weighted by atomic mass is 35.5. The highest BCUT2D eigenvalue weighted by molar-refractivity contribution is 6.34. The Balaban J connectivity index is 1.81. The molecule has 140 valence electrons. The number of amidine groups is 1. The zero-order valence-electron chi connectivity index (χ0n) is 15.0. The largest absolute Gasteiger partial charge is 0.301 e. The number of hydrazone groups is 1. The third-order valence-electron chi connectivity index (χ3n) is 4.41. The van der Waals surface area contributed by atoms with Crippen molar-refractivity contribution in [2.45, 2.75) is 6.17 Å². The highest BCUT2D eigenvalue weighted by Crippen LogP contribution is 2.37. The van der Waals surface area contributed by atoms with Crippen LogP contribution in [0.25, 0.3) is 0 Å².